The van der Waals surface area contributed by atoms with Crippen LogP contribution in [0.2, 0.25) is 5.02 Å². The third-order valence-corrected chi connectivity index (χ3v) is 4.20. The highest BCUT2D eigenvalue weighted by atomic mass is 35.5. The Morgan fingerprint density at radius 1 is 1.53 bits per heavy atom. The van der Waals surface area contributed by atoms with Crippen LogP contribution in [0.5, 0.6) is 0 Å². The van der Waals surface area contributed by atoms with Crippen LogP contribution in [0.3, 0.4) is 0 Å². The number of hydrogen-bond acceptors (Lipinski definition) is 2. The van der Waals surface area contributed by atoms with E-state index in [0.29, 0.717) is 5.25 Å². The molecular weight excluding hydrogens is 233 g/mol. The van der Waals surface area contributed by atoms with Crippen LogP contribution in [0.25, 0.3) is 0 Å². The van der Waals surface area contributed by atoms with E-state index in [2.05, 4.69) is 12.2 Å². The first-order valence-corrected chi connectivity index (χ1v) is 6.32. The average molecular weight is 246 g/mol. The van der Waals surface area contributed by atoms with Crippen LogP contribution >= 0.6 is 23.4 Å². The van der Waals surface area contributed by atoms with Gasteiger partial charge in [0, 0.05) is 5.25 Å². The number of thioether (sulfide) groups is 1. The van der Waals surface area contributed by atoms with Crippen molar-refractivity contribution in [2.75, 3.05) is 6.54 Å². The number of rotatable bonds is 1. The Hall–Kier alpha value is -0.250. The molecule has 1 aromatic carbocycles. The first-order chi connectivity index (χ1) is 7.16. The number of halogens is 2. The van der Waals surface area contributed by atoms with E-state index in [1.807, 2.05) is 11.8 Å². The summed E-state index contributed by atoms with van der Waals surface area (Å²) < 4.78 is 13.0. The Morgan fingerprint density at radius 2 is 2.33 bits per heavy atom. The Bertz CT molecular complexity index is 358. The van der Waals surface area contributed by atoms with Crippen molar-refractivity contribution >= 4 is 23.4 Å². The van der Waals surface area contributed by atoms with Crippen LogP contribution in [-0.2, 0) is 0 Å². The molecule has 1 fully saturated rings. The van der Waals surface area contributed by atoms with E-state index in [-0.39, 0.29) is 16.2 Å². The van der Waals surface area contributed by atoms with Gasteiger partial charge in [-0.3, -0.25) is 0 Å². The standard InChI is InChI=1S/C11H13ClFNS/c1-7-4-5-14-11(15-7)8-2-3-10(13)9(12)6-8/h2-3,6-7,11,14H,4-5H2,1H3. The molecule has 0 aromatic heterocycles. The molecule has 0 spiro atoms. The lowest BCUT2D eigenvalue weighted by atomic mass is 10.2. The van der Waals surface area contributed by atoms with Crippen molar-refractivity contribution in [2.45, 2.75) is 24.0 Å². The number of hydrogen-bond donors (Lipinski definition) is 1. The third-order valence-electron chi connectivity index (χ3n) is 2.50. The van der Waals surface area contributed by atoms with Gasteiger partial charge in [0.05, 0.1) is 10.4 Å². The van der Waals surface area contributed by atoms with Crippen molar-refractivity contribution in [2.24, 2.45) is 0 Å². The van der Waals surface area contributed by atoms with Crippen LogP contribution in [0.4, 0.5) is 4.39 Å². The molecule has 0 saturated carbocycles. The molecule has 0 radical (unpaired) electrons. The molecule has 4 heteroatoms. The van der Waals surface area contributed by atoms with E-state index < -0.39 is 0 Å². The minimum Gasteiger partial charge on any atom is -0.302 e. The molecule has 1 nitrogen and oxygen atoms in total. The average Bonchev–Trinajstić information content (AvgIpc) is 2.22. The first kappa shape index (κ1) is 11.2. The van der Waals surface area contributed by atoms with E-state index in [0.717, 1.165) is 12.1 Å². The minimum atomic E-state index is -0.353. The van der Waals surface area contributed by atoms with E-state index in [9.17, 15) is 4.39 Å². The van der Waals surface area contributed by atoms with Gasteiger partial charge in [-0.05, 0) is 30.7 Å². The molecule has 0 aliphatic carbocycles. The van der Waals surface area contributed by atoms with Crippen LogP contribution < -0.4 is 5.32 Å². The van der Waals surface area contributed by atoms with Crippen LogP contribution in [0.15, 0.2) is 18.2 Å². The summed E-state index contributed by atoms with van der Waals surface area (Å²) in [5.74, 6) is -0.353. The largest absolute Gasteiger partial charge is 0.302 e. The molecule has 2 rings (SSSR count). The van der Waals surface area contributed by atoms with E-state index >= 15 is 0 Å². The van der Waals surface area contributed by atoms with Gasteiger partial charge in [0.25, 0.3) is 0 Å². The van der Waals surface area contributed by atoms with Crippen LogP contribution in [-0.4, -0.2) is 11.8 Å². The smallest absolute Gasteiger partial charge is 0.141 e. The molecule has 1 heterocycles. The molecule has 1 aliphatic rings. The SMILES string of the molecule is CC1CCNC(c2ccc(F)c(Cl)c2)S1. The number of benzene rings is 1. The van der Waals surface area contributed by atoms with E-state index in [4.69, 9.17) is 11.6 Å². The summed E-state index contributed by atoms with van der Waals surface area (Å²) in [7, 11) is 0. The Labute approximate surface area is 98.4 Å². The summed E-state index contributed by atoms with van der Waals surface area (Å²) in [6.07, 6.45) is 1.18. The maximum absolute atomic E-state index is 13.0. The van der Waals surface area contributed by atoms with Gasteiger partial charge in [0.15, 0.2) is 0 Å². The highest BCUT2D eigenvalue weighted by molar-refractivity contribution is 8.00. The van der Waals surface area contributed by atoms with Gasteiger partial charge in [-0.25, -0.2) is 4.39 Å². The maximum Gasteiger partial charge on any atom is 0.141 e. The lowest BCUT2D eigenvalue weighted by molar-refractivity contribution is 0.600. The van der Waals surface area contributed by atoms with Gasteiger partial charge in [0.1, 0.15) is 5.82 Å². The Balaban J connectivity index is 2.18. The fraction of sp³-hybridized carbons (Fsp3) is 0.455. The minimum absolute atomic E-state index is 0.202. The summed E-state index contributed by atoms with van der Waals surface area (Å²) in [6, 6.07) is 4.93. The molecule has 15 heavy (non-hydrogen) atoms. The van der Waals surface area contributed by atoms with Gasteiger partial charge in [-0.1, -0.05) is 24.6 Å². The second-order valence-corrected chi connectivity index (χ2v) is 5.70. The van der Waals surface area contributed by atoms with E-state index in [1.54, 1.807) is 12.1 Å². The lowest BCUT2D eigenvalue weighted by Gasteiger charge is -2.28. The van der Waals surface area contributed by atoms with Crippen molar-refractivity contribution in [3.05, 3.63) is 34.6 Å². The van der Waals surface area contributed by atoms with Gasteiger partial charge in [-0.2, -0.15) is 0 Å². The van der Waals surface area contributed by atoms with Crippen molar-refractivity contribution < 1.29 is 4.39 Å². The van der Waals surface area contributed by atoms with Gasteiger partial charge in [-0.15, -0.1) is 11.8 Å². The highest BCUT2D eigenvalue weighted by Gasteiger charge is 2.20. The van der Waals surface area contributed by atoms with Crippen molar-refractivity contribution in [1.29, 1.82) is 0 Å². The van der Waals surface area contributed by atoms with Crippen LogP contribution in [0.1, 0.15) is 24.3 Å². The quantitative estimate of drug-likeness (QED) is 0.812. The van der Waals surface area contributed by atoms with Crippen molar-refractivity contribution in [3.63, 3.8) is 0 Å². The fourth-order valence-electron chi connectivity index (χ4n) is 1.64. The predicted octanol–water partition coefficient (Wildman–Crippen LogP) is 3.59. The molecule has 1 aromatic rings. The van der Waals surface area contributed by atoms with E-state index in [1.165, 1.54) is 12.5 Å². The molecule has 1 saturated heterocycles. The highest BCUT2D eigenvalue weighted by Crippen LogP contribution is 2.35. The van der Waals surface area contributed by atoms with Crippen molar-refractivity contribution in [3.8, 4) is 0 Å². The molecule has 1 N–H and O–H groups in total. The molecule has 82 valence electrons. The zero-order chi connectivity index (χ0) is 10.8. The van der Waals surface area contributed by atoms with Crippen LogP contribution in [0, 0.1) is 5.82 Å². The lowest BCUT2D eigenvalue weighted by Crippen LogP contribution is -2.28. The molecule has 2 unspecified atom stereocenters. The second kappa shape index (κ2) is 4.73. The summed E-state index contributed by atoms with van der Waals surface area (Å²) >= 11 is 7.62. The summed E-state index contributed by atoms with van der Waals surface area (Å²) in [5, 5.41) is 4.48. The topological polar surface area (TPSA) is 12.0 Å². The molecule has 1 aliphatic heterocycles. The summed E-state index contributed by atoms with van der Waals surface area (Å²) in [4.78, 5) is 0. The zero-order valence-corrected chi connectivity index (χ0v) is 10.0. The maximum atomic E-state index is 13.0. The second-order valence-electron chi connectivity index (χ2n) is 3.74. The number of nitrogens with one attached hydrogen (secondary N) is 1. The predicted molar refractivity (Wildman–Crippen MR) is 63.8 cm³/mol. The molecule has 2 atom stereocenters. The summed E-state index contributed by atoms with van der Waals surface area (Å²) in [6.45, 7) is 3.22. The third kappa shape index (κ3) is 2.65. The zero-order valence-electron chi connectivity index (χ0n) is 8.47. The van der Waals surface area contributed by atoms with Gasteiger partial charge < -0.3 is 5.32 Å². The summed E-state index contributed by atoms with van der Waals surface area (Å²) in [5.41, 5.74) is 1.05. The van der Waals surface area contributed by atoms with Gasteiger partial charge in [0.2, 0.25) is 0 Å². The van der Waals surface area contributed by atoms with Crippen molar-refractivity contribution in [1.82, 2.24) is 5.32 Å². The fourth-order valence-corrected chi connectivity index (χ4v) is 3.06. The molecular formula is C11H13ClFNS. The molecule has 0 amide bonds. The Kier molecular flexibility index (Phi) is 3.54. The first-order valence-electron chi connectivity index (χ1n) is 5.00. The Morgan fingerprint density at radius 3 is 3.00 bits per heavy atom. The normalized spacial score (nSPS) is 26.6. The van der Waals surface area contributed by atoms with Gasteiger partial charge >= 0.3 is 0 Å². The monoisotopic (exact) mass is 245 g/mol. The molecule has 0 bridgehead atoms.